The Hall–Kier alpha value is -4.28. The maximum absolute atomic E-state index is 14.6. The Kier molecular flexibility index (Phi) is 13.3. The van der Waals surface area contributed by atoms with Gasteiger partial charge in [-0.2, -0.15) is 0 Å². The Bertz CT molecular complexity index is 1670. The molecule has 2 amide bonds. The Morgan fingerprint density at radius 1 is 0.830 bits per heavy atom. The molecular formula is C37H43N3O5S2. The first-order chi connectivity index (χ1) is 22.8. The number of hydrogen-bond donors (Lipinski definition) is 1. The van der Waals surface area contributed by atoms with Gasteiger partial charge >= 0.3 is 0 Å². The second kappa shape index (κ2) is 17.6. The quantitative estimate of drug-likeness (QED) is 0.101. The van der Waals surface area contributed by atoms with E-state index in [0.29, 0.717) is 24.6 Å². The van der Waals surface area contributed by atoms with Crippen molar-refractivity contribution >= 4 is 39.3 Å². The van der Waals surface area contributed by atoms with Gasteiger partial charge in [0.2, 0.25) is 11.8 Å². The van der Waals surface area contributed by atoms with E-state index in [4.69, 9.17) is 4.74 Å². The lowest BCUT2D eigenvalue weighted by atomic mass is 10.0. The fraction of sp³-hybridized carbons (Fsp3) is 0.297. The van der Waals surface area contributed by atoms with E-state index in [0.717, 1.165) is 33.2 Å². The SMILES string of the molecule is CCCCNC(=O)[C@@H](Cc1ccccc1)N(Cc1ccccc1)C(=O)CN(c1ccc(OCC)cc1)S(=O)(=O)c1ccc(SC)cc1. The lowest BCUT2D eigenvalue weighted by molar-refractivity contribution is -0.140. The summed E-state index contributed by atoms with van der Waals surface area (Å²) in [6, 6.07) is 31.3. The van der Waals surface area contributed by atoms with Gasteiger partial charge in [-0.05, 0) is 79.3 Å². The summed E-state index contributed by atoms with van der Waals surface area (Å²) >= 11 is 1.51. The first-order valence-electron chi connectivity index (χ1n) is 15.8. The van der Waals surface area contributed by atoms with Gasteiger partial charge < -0.3 is 15.0 Å². The van der Waals surface area contributed by atoms with Crippen LogP contribution in [-0.2, 0) is 32.6 Å². The summed E-state index contributed by atoms with van der Waals surface area (Å²) in [5.41, 5.74) is 2.02. The molecule has 4 aromatic carbocycles. The van der Waals surface area contributed by atoms with Crippen molar-refractivity contribution in [2.24, 2.45) is 0 Å². The van der Waals surface area contributed by atoms with Crippen LogP contribution in [0.4, 0.5) is 5.69 Å². The first-order valence-corrected chi connectivity index (χ1v) is 18.5. The second-order valence-corrected chi connectivity index (χ2v) is 13.7. The van der Waals surface area contributed by atoms with E-state index in [2.05, 4.69) is 5.32 Å². The number of carbonyl (C=O) groups excluding carboxylic acids is 2. The van der Waals surface area contributed by atoms with Crippen LogP contribution in [0.15, 0.2) is 119 Å². The number of rotatable bonds is 17. The zero-order valence-corrected chi connectivity index (χ0v) is 28.8. The Balaban J connectivity index is 1.77. The van der Waals surface area contributed by atoms with Crippen LogP contribution in [-0.4, -0.2) is 57.1 Å². The van der Waals surface area contributed by atoms with Crippen LogP contribution in [0.1, 0.15) is 37.8 Å². The topological polar surface area (TPSA) is 96.0 Å². The summed E-state index contributed by atoms with van der Waals surface area (Å²) in [6.45, 7) is 4.46. The average Bonchev–Trinajstić information content (AvgIpc) is 3.10. The van der Waals surface area contributed by atoms with Crippen molar-refractivity contribution in [1.29, 1.82) is 0 Å². The molecule has 0 bridgehead atoms. The highest BCUT2D eigenvalue weighted by molar-refractivity contribution is 7.98. The highest BCUT2D eigenvalue weighted by Crippen LogP contribution is 2.28. The minimum atomic E-state index is -4.19. The molecule has 0 aromatic heterocycles. The van der Waals surface area contributed by atoms with Crippen LogP contribution in [0.3, 0.4) is 0 Å². The third kappa shape index (κ3) is 9.86. The number of benzene rings is 4. The molecule has 10 heteroatoms. The minimum absolute atomic E-state index is 0.0599. The molecule has 0 aliphatic carbocycles. The number of sulfonamides is 1. The predicted octanol–water partition coefficient (Wildman–Crippen LogP) is 6.56. The van der Waals surface area contributed by atoms with Gasteiger partial charge in [-0.3, -0.25) is 13.9 Å². The number of amides is 2. The zero-order valence-electron chi connectivity index (χ0n) is 27.2. The molecule has 4 rings (SSSR count). The van der Waals surface area contributed by atoms with Crippen molar-refractivity contribution in [1.82, 2.24) is 10.2 Å². The molecule has 4 aromatic rings. The molecule has 0 spiro atoms. The van der Waals surface area contributed by atoms with Crippen molar-refractivity contribution in [2.75, 3.05) is 30.3 Å². The molecule has 1 atom stereocenters. The number of carbonyl (C=O) groups is 2. The lowest BCUT2D eigenvalue weighted by Gasteiger charge is -2.34. The Morgan fingerprint density at radius 3 is 2.02 bits per heavy atom. The van der Waals surface area contributed by atoms with Gasteiger partial charge in [-0.15, -0.1) is 11.8 Å². The van der Waals surface area contributed by atoms with Crippen molar-refractivity contribution in [2.45, 2.75) is 55.5 Å². The summed E-state index contributed by atoms with van der Waals surface area (Å²) in [5, 5.41) is 3.01. The molecule has 0 saturated heterocycles. The number of nitrogens with zero attached hydrogens (tertiary/aromatic N) is 2. The molecule has 0 unspecified atom stereocenters. The summed E-state index contributed by atoms with van der Waals surface area (Å²) in [7, 11) is -4.19. The van der Waals surface area contributed by atoms with Gasteiger partial charge in [0.05, 0.1) is 17.2 Å². The number of anilines is 1. The van der Waals surface area contributed by atoms with E-state index in [1.807, 2.05) is 80.8 Å². The molecule has 47 heavy (non-hydrogen) atoms. The zero-order chi connectivity index (χ0) is 33.6. The first kappa shape index (κ1) is 35.6. The summed E-state index contributed by atoms with van der Waals surface area (Å²) < 4.78 is 35.2. The maximum atomic E-state index is 14.6. The third-order valence-corrected chi connectivity index (χ3v) is 10.2. The third-order valence-electron chi connectivity index (χ3n) is 7.66. The fourth-order valence-corrected chi connectivity index (χ4v) is 6.94. The van der Waals surface area contributed by atoms with Crippen molar-refractivity contribution < 1.29 is 22.7 Å². The van der Waals surface area contributed by atoms with Gasteiger partial charge in [-0.25, -0.2) is 8.42 Å². The molecule has 0 fully saturated rings. The molecular weight excluding hydrogens is 631 g/mol. The van der Waals surface area contributed by atoms with Crippen LogP contribution in [0.2, 0.25) is 0 Å². The minimum Gasteiger partial charge on any atom is -0.494 e. The van der Waals surface area contributed by atoms with Crippen LogP contribution in [0.5, 0.6) is 5.75 Å². The summed E-state index contributed by atoms with van der Waals surface area (Å²) in [6.07, 6.45) is 3.89. The number of thioether (sulfide) groups is 1. The summed E-state index contributed by atoms with van der Waals surface area (Å²) in [4.78, 5) is 30.9. The molecule has 0 aliphatic rings. The lowest BCUT2D eigenvalue weighted by Crippen LogP contribution is -2.53. The van der Waals surface area contributed by atoms with Gasteiger partial charge in [0.25, 0.3) is 10.0 Å². The largest absolute Gasteiger partial charge is 0.494 e. The molecule has 0 aliphatic heterocycles. The molecule has 248 valence electrons. The van der Waals surface area contributed by atoms with E-state index in [1.54, 1.807) is 48.5 Å². The van der Waals surface area contributed by atoms with E-state index in [-0.39, 0.29) is 23.8 Å². The van der Waals surface area contributed by atoms with Gasteiger partial charge in [0.15, 0.2) is 0 Å². The number of ether oxygens (including phenoxy) is 1. The van der Waals surface area contributed by atoms with Crippen molar-refractivity contribution in [3.05, 3.63) is 120 Å². The highest BCUT2D eigenvalue weighted by Gasteiger charge is 2.34. The molecule has 0 heterocycles. The monoisotopic (exact) mass is 673 g/mol. The summed E-state index contributed by atoms with van der Waals surface area (Å²) in [5.74, 6) is -0.199. The van der Waals surface area contributed by atoms with Crippen LogP contribution in [0.25, 0.3) is 0 Å². The normalized spacial score (nSPS) is 11.8. The van der Waals surface area contributed by atoms with Crippen molar-refractivity contribution in [3.8, 4) is 5.75 Å². The average molecular weight is 674 g/mol. The van der Waals surface area contributed by atoms with Gasteiger partial charge in [0.1, 0.15) is 18.3 Å². The molecule has 0 saturated carbocycles. The smallest absolute Gasteiger partial charge is 0.264 e. The fourth-order valence-electron chi connectivity index (χ4n) is 5.12. The molecule has 8 nitrogen and oxygen atoms in total. The van der Waals surface area contributed by atoms with Crippen LogP contribution < -0.4 is 14.4 Å². The van der Waals surface area contributed by atoms with E-state index in [9.17, 15) is 18.0 Å². The molecule has 0 radical (unpaired) electrons. The number of unbranched alkanes of at least 4 members (excludes halogenated alkanes) is 1. The van der Waals surface area contributed by atoms with Gasteiger partial charge in [-0.1, -0.05) is 74.0 Å². The number of nitrogens with one attached hydrogen (secondary N) is 1. The van der Waals surface area contributed by atoms with Crippen molar-refractivity contribution in [3.63, 3.8) is 0 Å². The standard InChI is InChI=1S/C37H43N3O5S2/c1-4-6-25-38-37(42)35(26-29-13-9-7-10-14-29)39(27-30-15-11-8-12-16-30)36(41)28-40(31-17-19-32(20-18-31)45-5-2)47(43,44)34-23-21-33(46-3)22-24-34/h7-24,35H,4-6,25-28H2,1-3H3,(H,38,42)/t35-/m1/s1. The Labute approximate surface area is 283 Å². The van der Waals surface area contributed by atoms with Crippen LogP contribution >= 0.6 is 11.8 Å². The van der Waals surface area contributed by atoms with Gasteiger partial charge in [0, 0.05) is 24.4 Å². The van der Waals surface area contributed by atoms with E-state index in [1.165, 1.54) is 16.7 Å². The number of hydrogen-bond acceptors (Lipinski definition) is 6. The maximum Gasteiger partial charge on any atom is 0.264 e. The van der Waals surface area contributed by atoms with E-state index >= 15 is 0 Å². The van der Waals surface area contributed by atoms with E-state index < -0.39 is 28.5 Å². The second-order valence-electron chi connectivity index (χ2n) is 11.0. The Morgan fingerprint density at radius 2 is 1.45 bits per heavy atom. The molecule has 1 N–H and O–H groups in total. The predicted molar refractivity (Wildman–Crippen MR) is 189 cm³/mol. The highest BCUT2D eigenvalue weighted by atomic mass is 32.2. The van der Waals surface area contributed by atoms with Crippen LogP contribution in [0, 0.1) is 0 Å².